The lowest BCUT2D eigenvalue weighted by atomic mass is 10.1. The lowest BCUT2D eigenvalue weighted by Crippen LogP contribution is -2.25. The first kappa shape index (κ1) is 17.1. The van der Waals surface area contributed by atoms with Crippen LogP contribution in [0.4, 0.5) is 0 Å². The highest BCUT2D eigenvalue weighted by Crippen LogP contribution is 2.23. The van der Waals surface area contributed by atoms with E-state index in [1.54, 1.807) is 29.1 Å². The van der Waals surface area contributed by atoms with Crippen LogP contribution in [-0.2, 0) is 4.79 Å². The Bertz CT molecular complexity index is 675. The van der Waals surface area contributed by atoms with Gasteiger partial charge in [0.15, 0.2) is 0 Å². The molecule has 0 unspecified atom stereocenters. The number of rotatable bonds is 8. The van der Waals surface area contributed by atoms with E-state index in [2.05, 4.69) is 10.3 Å². The molecule has 5 nitrogen and oxygen atoms in total. The molecule has 8 heteroatoms. The summed E-state index contributed by atoms with van der Waals surface area (Å²) in [7, 11) is 3.05. The fourth-order valence-electron chi connectivity index (χ4n) is 1.83. The maximum atomic E-state index is 12.1. The van der Waals surface area contributed by atoms with Crippen molar-refractivity contribution < 1.29 is 14.7 Å². The van der Waals surface area contributed by atoms with Gasteiger partial charge >= 0.3 is 5.97 Å². The summed E-state index contributed by atoms with van der Waals surface area (Å²) in [5.41, 5.74) is 1.42. The van der Waals surface area contributed by atoms with Gasteiger partial charge in [-0.05, 0) is 12.1 Å². The van der Waals surface area contributed by atoms with Crippen molar-refractivity contribution in [3.8, 4) is 0 Å². The summed E-state index contributed by atoms with van der Waals surface area (Å²) in [4.78, 5) is 25.5. The maximum Gasteiger partial charge on any atom is 0.304 e. The number of hydrogen-bond donors (Lipinski definition) is 3. The highest BCUT2D eigenvalue weighted by molar-refractivity contribution is 8.76. The number of halogens is 1. The summed E-state index contributed by atoms with van der Waals surface area (Å²) in [5.74, 6) is 0.368. The Morgan fingerprint density at radius 1 is 1.27 bits per heavy atom. The van der Waals surface area contributed by atoms with E-state index in [-0.39, 0.29) is 12.3 Å². The molecule has 2 rings (SSSR count). The van der Waals surface area contributed by atoms with E-state index >= 15 is 0 Å². The van der Waals surface area contributed by atoms with Crippen LogP contribution in [0.5, 0.6) is 0 Å². The second-order valence-electron chi connectivity index (χ2n) is 4.44. The van der Waals surface area contributed by atoms with Crippen molar-refractivity contribution >= 4 is 56.0 Å². The molecule has 0 aliphatic carbocycles. The molecule has 0 fully saturated rings. The van der Waals surface area contributed by atoms with E-state index in [4.69, 9.17) is 16.7 Å². The van der Waals surface area contributed by atoms with Gasteiger partial charge in [-0.2, -0.15) is 0 Å². The molecule has 1 aromatic heterocycles. The lowest BCUT2D eigenvalue weighted by Gasteiger charge is -2.04. The molecular weight excluding hydrogens is 344 g/mol. The molecule has 2 aromatic rings. The van der Waals surface area contributed by atoms with Gasteiger partial charge in [0.05, 0.1) is 12.0 Å². The van der Waals surface area contributed by atoms with Gasteiger partial charge in [0.25, 0.3) is 5.91 Å². The minimum Gasteiger partial charge on any atom is -0.481 e. The number of carboxylic acid groups (broad SMARTS) is 1. The number of aliphatic carboxylic acids is 1. The molecule has 0 saturated carbocycles. The molecule has 0 atom stereocenters. The van der Waals surface area contributed by atoms with Crippen LogP contribution in [0.2, 0.25) is 5.02 Å². The number of aromatic amines is 1. The first-order valence-corrected chi connectivity index (χ1v) is 9.45. The molecule has 0 bridgehead atoms. The lowest BCUT2D eigenvalue weighted by molar-refractivity contribution is -0.136. The standard InChI is InChI=1S/C14H15ClN2O3S2/c15-9-1-2-10-11(8-17-12(10)7-9)14(20)16-4-6-22-21-5-3-13(18)19/h1-2,7-8,17H,3-6H2,(H,16,20)(H,18,19). The predicted octanol–water partition coefficient (Wildman–Crippen LogP) is 3.41. The zero-order chi connectivity index (χ0) is 15.9. The number of aromatic nitrogens is 1. The highest BCUT2D eigenvalue weighted by atomic mass is 35.5. The minimum absolute atomic E-state index is 0.135. The van der Waals surface area contributed by atoms with E-state index in [1.807, 2.05) is 6.07 Å². The molecule has 1 heterocycles. The van der Waals surface area contributed by atoms with E-state index < -0.39 is 5.97 Å². The molecule has 118 valence electrons. The van der Waals surface area contributed by atoms with E-state index in [1.165, 1.54) is 10.8 Å². The normalized spacial score (nSPS) is 10.8. The van der Waals surface area contributed by atoms with Gasteiger partial charge in [0, 0.05) is 40.2 Å². The molecule has 0 spiro atoms. The fourth-order valence-corrected chi connectivity index (χ4v) is 3.89. The van der Waals surface area contributed by atoms with Gasteiger partial charge in [-0.25, -0.2) is 0 Å². The largest absolute Gasteiger partial charge is 0.481 e. The third kappa shape index (κ3) is 4.86. The first-order chi connectivity index (χ1) is 10.6. The molecule has 1 amide bonds. The summed E-state index contributed by atoms with van der Waals surface area (Å²) in [6, 6.07) is 5.35. The molecule has 3 N–H and O–H groups in total. The van der Waals surface area contributed by atoms with Crippen LogP contribution in [0, 0.1) is 0 Å². The molecular formula is C14H15ClN2O3S2. The summed E-state index contributed by atoms with van der Waals surface area (Å²) < 4.78 is 0. The van der Waals surface area contributed by atoms with Crippen LogP contribution in [-0.4, -0.2) is 40.0 Å². The number of carbonyl (C=O) groups excluding carboxylic acids is 1. The van der Waals surface area contributed by atoms with E-state index in [9.17, 15) is 9.59 Å². The van der Waals surface area contributed by atoms with Gasteiger partial charge in [0.1, 0.15) is 0 Å². The monoisotopic (exact) mass is 358 g/mol. The van der Waals surface area contributed by atoms with Crippen molar-refractivity contribution in [2.75, 3.05) is 18.1 Å². The summed E-state index contributed by atoms with van der Waals surface area (Å²) in [6.07, 6.45) is 1.83. The predicted molar refractivity (Wildman–Crippen MR) is 92.8 cm³/mol. The Morgan fingerprint density at radius 2 is 2.05 bits per heavy atom. The topological polar surface area (TPSA) is 82.2 Å². The van der Waals surface area contributed by atoms with Gasteiger partial charge in [0.2, 0.25) is 0 Å². The molecule has 0 saturated heterocycles. The Morgan fingerprint density at radius 3 is 2.82 bits per heavy atom. The average molecular weight is 359 g/mol. The van der Waals surface area contributed by atoms with Crippen LogP contribution < -0.4 is 5.32 Å². The molecule has 22 heavy (non-hydrogen) atoms. The second-order valence-corrected chi connectivity index (χ2v) is 7.57. The summed E-state index contributed by atoms with van der Waals surface area (Å²) in [6.45, 7) is 0.532. The number of H-pyrrole nitrogens is 1. The van der Waals surface area contributed by atoms with Gasteiger partial charge < -0.3 is 15.4 Å². The number of fused-ring (bicyclic) bond motifs is 1. The summed E-state index contributed by atoms with van der Waals surface area (Å²) >= 11 is 5.91. The van der Waals surface area contributed by atoms with Crippen LogP contribution in [0.3, 0.4) is 0 Å². The Kier molecular flexibility index (Phi) is 6.48. The molecule has 0 aliphatic rings. The van der Waals surface area contributed by atoms with Crippen molar-refractivity contribution in [1.29, 1.82) is 0 Å². The van der Waals surface area contributed by atoms with Crippen LogP contribution >= 0.6 is 33.2 Å². The minimum atomic E-state index is -0.791. The van der Waals surface area contributed by atoms with Crippen LogP contribution in [0.15, 0.2) is 24.4 Å². The quantitative estimate of drug-likeness (QED) is 0.497. The molecule has 0 radical (unpaired) electrons. The third-order valence-corrected chi connectivity index (χ3v) is 5.49. The average Bonchev–Trinajstić information content (AvgIpc) is 2.88. The van der Waals surface area contributed by atoms with Gasteiger partial charge in [-0.15, -0.1) is 0 Å². The maximum absolute atomic E-state index is 12.1. The first-order valence-electron chi connectivity index (χ1n) is 6.59. The zero-order valence-electron chi connectivity index (χ0n) is 11.6. The second kappa shape index (κ2) is 8.36. The fraction of sp³-hybridized carbons (Fsp3) is 0.286. The van der Waals surface area contributed by atoms with Crippen molar-refractivity contribution in [3.05, 3.63) is 35.0 Å². The van der Waals surface area contributed by atoms with E-state index in [0.717, 1.165) is 16.7 Å². The number of nitrogens with one attached hydrogen (secondary N) is 2. The summed E-state index contributed by atoms with van der Waals surface area (Å²) in [5, 5.41) is 12.8. The number of hydrogen-bond acceptors (Lipinski definition) is 4. The Balaban J connectivity index is 1.76. The Labute approximate surface area is 140 Å². The number of benzene rings is 1. The van der Waals surface area contributed by atoms with Crippen molar-refractivity contribution in [2.24, 2.45) is 0 Å². The van der Waals surface area contributed by atoms with Crippen molar-refractivity contribution in [2.45, 2.75) is 6.42 Å². The van der Waals surface area contributed by atoms with Crippen LogP contribution in [0.1, 0.15) is 16.8 Å². The number of carboxylic acids is 1. The SMILES string of the molecule is O=C(O)CCSSCCNC(=O)c1c[nH]c2cc(Cl)ccc12. The third-order valence-electron chi connectivity index (χ3n) is 2.84. The molecule has 0 aliphatic heterocycles. The number of amides is 1. The van der Waals surface area contributed by atoms with Gasteiger partial charge in [-0.1, -0.05) is 39.3 Å². The number of carbonyl (C=O) groups is 2. The van der Waals surface area contributed by atoms with Crippen molar-refractivity contribution in [1.82, 2.24) is 10.3 Å². The zero-order valence-corrected chi connectivity index (χ0v) is 14.0. The Hall–Kier alpha value is -1.31. The highest BCUT2D eigenvalue weighted by Gasteiger charge is 2.11. The van der Waals surface area contributed by atoms with Gasteiger partial charge in [-0.3, -0.25) is 9.59 Å². The molecule has 1 aromatic carbocycles. The van der Waals surface area contributed by atoms with E-state index in [0.29, 0.717) is 22.9 Å². The van der Waals surface area contributed by atoms with Crippen LogP contribution in [0.25, 0.3) is 10.9 Å². The van der Waals surface area contributed by atoms with Crippen molar-refractivity contribution in [3.63, 3.8) is 0 Å². The smallest absolute Gasteiger partial charge is 0.304 e.